The molecule has 3 nitrogen and oxygen atoms in total. The van der Waals surface area contributed by atoms with Crippen LogP contribution in [-0.4, -0.2) is 5.16 Å². The summed E-state index contributed by atoms with van der Waals surface area (Å²) < 4.78 is 6.04. The summed E-state index contributed by atoms with van der Waals surface area (Å²) in [6, 6.07) is 5.62. The number of thiophene rings is 1. The van der Waals surface area contributed by atoms with Crippen LogP contribution in [0.2, 0.25) is 0 Å². The fourth-order valence-electron chi connectivity index (χ4n) is 0.852. The largest absolute Gasteiger partial charge is 0.381 e. The number of hydrogen-bond donors (Lipinski definition) is 1. The maximum absolute atomic E-state index is 5.41. The van der Waals surface area contributed by atoms with E-state index < -0.39 is 0 Å². The van der Waals surface area contributed by atoms with Crippen molar-refractivity contribution in [1.29, 1.82) is 0 Å². The minimum absolute atomic E-state index is 0.412. The Balaban J connectivity index is 2.43. The maximum Gasteiger partial charge on any atom is 0.179 e. The van der Waals surface area contributed by atoms with E-state index in [0.29, 0.717) is 11.6 Å². The van der Waals surface area contributed by atoms with E-state index in [1.54, 1.807) is 17.4 Å². The number of nitrogen functional groups attached to an aromatic ring is 1. The van der Waals surface area contributed by atoms with Crippen LogP contribution in [0, 0.1) is 0 Å². The molecule has 0 aliphatic rings. The molecule has 62 valence electrons. The van der Waals surface area contributed by atoms with Crippen LogP contribution in [0.3, 0.4) is 0 Å². The van der Waals surface area contributed by atoms with Crippen molar-refractivity contribution in [2.45, 2.75) is 0 Å². The van der Waals surface area contributed by atoms with Gasteiger partial charge in [0.05, 0.1) is 8.66 Å². The maximum atomic E-state index is 5.41. The molecule has 0 saturated carbocycles. The quantitative estimate of drug-likeness (QED) is 0.840. The number of rotatable bonds is 1. The Kier molecular flexibility index (Phi) is 1.90. The number of anilines is 1. The number of halogens is 1. The van der Waals surface area contributed by atoms with Gasteiger partial charge in [-0.15, -0.1) is 11.3 Å². The second-order valence-electron chi connectivity index (χ2n) is 2.22. The van der Waals surface area contributed by atoms with Gasteiger partial charge in [-0.3, -0.25) is 0 Å². The number of aromatic nitrogens is 1. The molecule has 0 atom stereocenters. The van der Waals surface area contributed by atoms with E-state index in [-0.39, 0.29) is 0 Å². The van der Waals surface area contributed by atoms with Crippen LogP contribution in [0.5, 0.6) is 0 Å². The molecular weight excluding hydrogens is 240 g/mol. The van der Waals surface area contributed by atoms with E-state index in [0.717, 1.165) is 8.66 Å². The molecule has 0 aliphatic heterocycles. The molecule has 2 N–H and O–H groups in total. The van der Waals surface area contributed by atoms with E-state index in [2.05, 4.69) is 21.1 Å². The lowest BCUT2D eigenvalue weighted by Crippen LogP contribution is -1.79. The topological polar surface area (TPSA) is 52.0 Å². The second kappa shape index (κ2) is 2.91. The van der Waals surface area contributed by atoms with E-state index in [1.165, 1.54) is 0 Å². The highest BCUT2D eigenvalue weighted by molar-refractivity contribution is 9.11. The monoisotopic (exact) mass is 244 g/mol. The predicted octanol–water partition coefficient (Wildman–Crippen LogP) is 2.75. The van der Waals surface area contributed by atoms with Gasteiger partial charge in [0.15, 0.2) is 11.6 Å². The van der Waals surface area contributed by atoms with Gasteiger partial charge in [0.25, 0.3) is 0 Å². The molecule has 0 radical (unpaired) electrons. The second-order valence-corrected chi connectivity index (χ2v) is 4.68. The fourth-order valence-corrected chi connectivity index (χ4v) is 2.19. The molecule has 2 aromatic rings. The normalized spacial score (nSPS) is 10.4. The van der Waals surface area contributed by atoms with Gasteiger partial charge >= 0.3 is 0 Å². The number of hydrogen-bond acceptors (Lipinski definition) is 4. The van der Waals surface area contributed by atoms with Crippen LogP contribution in [0.25, 0.3) is 10.6 Å². The summed E-state index contributed by atoms with van der Waals surface area (Å²) in [6.07, 6.45) is 0. The molecule has 12 heavy (non-hydrogen) atoms. The number of nitrogens with two attached hydrogens (primary N) is 1. The third-order valence-corrected chi connectivity index (χ3v) is 2.98. The highest BCUT2D eigenvalue weighted by atomic mass is 79.9. The average Bonchev–Trinajstić information content (AvgIpc) is 2.58. The smallest absolute Gasteiger partial charge is 0.179 e. The first-order valence-corrected chi connectivity index (χ1v) is 4.84. The molecule has 0 saturated heterocycles. The Morgan fingerprint density at radius 1 is 1.50 bits per heavy atom. The van der Waals surface area contributed by atoms with Crippen molar-refractivity contribution in [2.24, 2.45) is 0 Å². The Morgan fingerprint density at radius 2 is 2.33 bits per heavy atom. The van der Waals surface area contributed by atoms with E-state index >= 15 is 0 Å². The van der Waals surface area contributed by atoms with Crippen molar-refractivity contribution >= 4 is 33.1 Å². The van der Waals surface area contributed by atoms with Crippen LogP contribution in [-0.2, 0) is 0 Å². The van der Waals surface area contributed by atoms with Gasteiger partial charge in [0.2, 0.25) is 0 Å². The SMILES string of the molecule is Nc1cc(-c2ccc(Br)s2)on1. The summed E-state index contributed by atoms with van der Waals surface area (Å²) in [5, 5.41) is 3.60. The molecule has 2 aromatic heterocycles. The summed E-state index contributed by atoms with van der Waals surface area (Å²) in [5.41, 5.74) is 5.41. The summed E-state index contributed by atoms with van der Waals surface area (Å²) in [6.45, 7) is 0. The van der Waals surface area contributed by atoms with Crippen LogP contribution in [0.15, 0.2) is 26.5 Å². The molecule has 0 amide bonds. The molecular formula is C7H5BrN2OS. The highest BCUT2D eigenvalue weighted by Crippen LogP contribution is 2.31. The first-order chi connectivity index (χ1) is 5.75. The standard InChI is InChI=1S/C7H5BrN2OS/c8-6-2-1-5(12-6)4-3-7(9)10-11-4/h1-3H,(H2,9,10). The molecule has 0 aromatic carbocycles. The van der Waals surface area contributed by atoms with Crippen molar-refractivity contribution in [3.63, 3.8) is 0 Å². The summed E-state index contributed by atoms with van der Waals surface area (Å²) in [7, 11) is 0. The molecule has 0 aliphatic carbocycles. The van der Waals surface area contributed by atoms with Crippen molar-refractivity contribution < 1.29 is 4.52 Å². The molecule has 2 rings (SSSR count). The molecule has 0 spiro atoms. The Morgan fingerprint density at radius 3 is 2.83 bits per heavy atom. The molecule has 2 heterocycles. The summed E-state index contributed by atoms with van der Waals surface area (Å²) >= 11 is 4.94. The molecule has 0 bridgehead atoms. The summed E-state index contributed by atoms with van der Waals surface area (Å²) in [4.78, 5) is 1.02. The van der Waals surface area contributed by atoms with Crippen LogP contribution in [0.4, 0.5) is 5.82 Å². The lowest BCUT2D eigenvalue weighted by atomic mass is 10.4. The van der Waals surface area contributed by atoms with Gasteiger partial charge in [0, 0.05) is 6.07 Å². The first-order valence-electron chi connectivity index (χ1n) is 3.23. The molecule has 0 fully saturated rings. The molecule has 5 heteroatoms. The zero-order chi connectivity index (χ0) is 8.55. The van der Waals surface area contributed by atoms with Gasteiger partial charge < -0.3 is 10.3 Å². The van der Waals surface area contributed by atoms with Gasteiger partial charge in [-0.2, -0.15) is 0 Å². The van der Waals surface area contributed by atoms with Crippen LogP contribution < -0.4 is 5.73 Å². The van der Waals surface area contributed by atoms with Gasteiger partial charge in [-0.25, -0.2) is 0 Å². The van der Waals surface area contributed by atoms with Crippen molar-refractivity contribution in [1.82, 2.24) is 5.16 Å². The number of nitrogens with zero attached hydrogens (tertiary/aromatic N) is 1. The Bertz CT molecular complexity index is 357. The van der Waals surface area contributed by atoms with Crippen molar-refractivity contribution in [3.8, 4) is 10.6 Å². The van der Waals surface area contributed by atoms with Gasteiger partial charge in [-0.1, -0.05) is 5.16 Å². The minimum atomic E-state index is 0.412. The van der Waals surface area contributed by atoms with Gasteiger partial charge in [0.1, 0.15) is 0 Å². The fraction of sp³-hybridized carbons (Fsp3) is 0. The predicted molar refractivity (Wildman–Crippen MR) is 51.9 cm³/mol. The molecule has 0 unspecified atom stereocenters. The minimum Gasteiger partial charge on any atom is -0.381 e. The zero-order valence-electron chi connectivity index (χ0n) is 5.95. The Labute approximate surface area is 81.3 Å². The van der Waals surface area contributed by atoms with Crippen molar-refractivity contribution in [2.75, 3.05) is 5.73 Å². The van der Waals surface area contributed by atoms with Crippen molar-refractivity contribution in [3.05, 3.63) is 22.0 Å². The zero-order valence-corrected chi connectivity index (χ0v) is 8.35. The van der Waals surface area contributed by atoms with Crippen LogP contribution in [0.1, 0.15) is 0 Å². The van der Waals surface area contributed by atoms with E-state index in [1.807, 2.05) is 12.1 Å². The lowest BCUT2D eigenvalue weighted by Gasteiger charge is -1.83. The van der Waals surface area contributed by atoms with Crippen LogP contribution >= 0.6 is 27.3 Å². The van der Waals surface area contributed by atoms with E-state index in [4.69, 9.17) is 10.3 Å². The lowest BCUT2D eigenvalue weighted by molar-refractivity contribution is 0.436. The third-order valence-electron chi connectivity index (χ3n) is 1.34. The first kappa shape index (κ1) is 7.82. The van der Waals surface area contributed by atoms with E-state index in [9.17, 15) is 0 Å². The highest BCUT2D eigenvalue weighted by Gasteiger charge is 2.06. The average molecular weight is 245 g/mol. The summed E-state index contributed by atoms with van der Waals surface area (Å²) in [5.74, 6) is 1.12. The third kappa shape index (κ3) is 1.37. The van der Waals surface area contributed by atoms with Gasteiger partial charge in [-0.05, 0) is 28.1 Å². The Hall–Kier alpha value is -0.810.